The van der Waals surface area contributed by atoms with Crippen LogP contribution in [0, 0.1) is 10.1 Å². The van der Waals surface area contributed by atoms with E-state index >= 15 is 0 Å². The topological polar surface area (TPSA) is 116 Å². The molecule has 3 rings (SSSR count). The molecule has 1 aromatic rings. The van der Waals surface area contributed by atoms with Crippen LogP contribution in [0.4, 0.5) is 5.69 Å². The minimum Gasteiger partial charge on any atom is -0.464 e. The summed E-state index contributed by atoms with van der Waals surface area (Å²) in [6, 6.07) is 7.79. The van der Waals surface area contributed by atoms with Gasteiger partial charge in [0.2, 0.25) is 0 Å². The van der Waals surface area contributed by atoms with Gasteiger partial charge in [0, 0.05) is 41.1 Å². The molecule has 0 atom stereocenters. The van der Waals surface area contributed by atoms with Gasteiger partial charge >= 0.3 is 5.97 Å². The quantitative estimate of drug-likeness (QED) is 0.140. The first-order valence-corrected chi connectivity index (χ1v) is 10.3. The van der Waals surface area contributed by atoms with Gasteiger partial charge in [-0.15, -0.1) is 0 Å². The van der Waals surface area contributed by atoms with Crippen molar-refractivity contribution in [3.63, 3.8) is 0 Å². The Hall–Kier alpha value is -4.01. The Morgan fingerprint density at radius 1 is 1.18 bits per heavy atom. The van der Waals surface area contributed by atoms with Gasteiger partial charge in [-0.1, -0.05) is 32.0 Å². The van der Waals surface area contributed by atoms with Gasteiger partial charge in [0.25, 0.3) is 12.2 Å². The van der Waals surface area contributed by atoms with Crippen LogP contribution in [-0.4, -0.2) is 42.9 Å². The minimum absolute atomic E-state index is 0.00429. The van der Waals surface area contributed by atoms with Gasteiger partial charge in [0.15, 0.2) is 5.78 Å². The van der Waals surface area contributed by atoms with Crippen molar-refractivity contribution in [3.8, 4) is 0 Å². The number of benzene rings is 1. The molecular formula is C24H24N2O7. The molecule has 0 bridgehead atoms. The fourth-order valence-corrected chi connectivity index (χ4v) is 3.86. The number of allylic oxidation sites excluding steroid dienone is 7. The third-order valence-corrected chi connectivity index (χ3v) is 5.50. The average molecular weight is 452 g/mol. The Labute approximate surface area is 190 Å². The number of carbonyl (C=O) groups excluding carboxylic acids is 3. The largest absolute Gasteiger partial charge is 0.464 e. The van der Waals surface area contributed by atoms with Crippen LogP contribution >= 0.6 is 0 Å². The van der Waals surface area contributed by atoms with Crippen LogP contribution in [0.5, 0.6) is 0 Å². The third-order valence-electron chi connectivity index (χ3n) is 5.50. The molecule has 33 heavy (non-hydrogen) atoms. The van der Waals surface area contributed by atoms with E-state index in [-0.39, 0.29) is 36.7 Å². The van der Waals surface area contributed by atoms with Crippen molar-refractivity contribution in [3.05, 3.63) is 87.3 Å². The molecule has 1 aliphatic carbocycles. The van der Waals surface area contributed by atoms with E-state index in [1.807, 2.05) is 43.0 Å². The van der Waals surface area contributed by atoms with Gasteiger partial charge in [-0.2, -0.15) is 0 Å². The highest BCUT2D eigenvalue weighted by Crippen LogP contribution is 2.47. The lowest BCUT2D eigenvalue weighted by molar-refractivity contribution is -0.419. The smallest absolute Gasteiger partial charge is 0.307 e. The molecular weight excluding hydrogens is 428 g/mol. The number of nitrogens with zero attached hydrogens (tertiary/aromatic N) is 2. The number of para-hydroxylation sites is 1. The maximum atomic E-state index is 12.2. The molecule has 9 nitrogen and oxygen atoms in total. The van der Waals surface area contributed by atoms with E-state index in [1.165, 1.54) is 18.2 Å². The predicted octanol–water partition coefficient (Wildman–Crippen LogP) is 3.00. The number of anilines is 1. The van der Waals surface area contributed by atoms with E-state index in [4.69, 9.17) is 4.74 Å². The molecule has 0 N–H and O–H groups in total. The number of rotatable bonds is 9. The Morgan fingerprint density at radius 2 is 1.94 bits per heavy atom. The summed E-state index contributed by atoms with van der Waals surface area (Å²) in [6.07, 6.45) is 7.04. The van der Waals surface area contributed by atoms with E-state index < -0.39 is 16.3 Å². The van der Waals surface area contributed by atoms with E-state index in [0.717, 1.165) is 16.9 Å². The summed E-state index contributed by atoms with van der Waals surface area (Å²) in [6.45, 7) is 4.66. The third kappa shape index (κ3) is 5.25. The molecule has 1 aliphatic heterocycles. The predicted molar refractivity (Wildman–Crippen MR) is 120 cm³/mol. The van der Waals surface area contributed by atoms with Gasteiger partial charge in [-0.05, 0) is 29.9 Å². The summed E-state index contributed by atoms with van der Waals surface area (Å²) in [5, 5.41) is 11.1. The second kappa shape index (κ2) is 10.1. The highest BCUT2D eigenvalue weighted by molar-refractivity contribution is 6.07. The second-order valence-electron chi connectivity index (χ2n) is 7.93. The fourth-order valence-electron chi connectivity index (χ4n) is 3.86. The van der Waals surface area contributed by atoms with Crippen molar-refractivity contribution in [2.45, 2.75) is 25.7 Å². The zero-order valence-electron chi connectivity index (χ0n) is 18.4. The van der Waals surface area contributed by atoms with Crippen molar-refractivity contribution in [2.75, 3.05) is 24.7 Å². The van der Waals surface area contributed by atoms with Crippen LogP contribution in [0.15, 0.2) is 71.6 Å². The van der Waals surface area contributed by atoms with Crippen LogP contribution in [0.2, 0.25) is 0 Å². The second-order valence-corrected chi connectivity index (χ2v) is 7.93. The average Bonchev–Trinajstić information content (AvgIpc) is 3.00. The molecule has 0 spiro atoms. The number of nitro groups is 1. The molecule has 0 unspecified atom stereocenters. The number of esters is 1. The SMILES string of the molecule is CC1(C)/C(=C\C=C2\C=C([N+](=O)[O-])C=CC2=O)N(CCC(=O)OCCOC=O)c2ccccc21. The number of ketones is 1. The Kier molecular flexibility index (Phi) is 7.22. The number of carbonyl (C=O) groups is 3. The molecule has 0 radical (unpaired) electrons. The Bertz CT molecular complexity index is 1100. The molecule has 0 amide bonds. The summed E-state index contributed by atoms with van der Waals surface area (Å²) >= 11 is 0. The van der Waals surface area contributed by atoms with E-state index in [0.29, 0.717) is 13.0 Å². The lowest BCUT2D eigenvalue weighted by atomic mass is 9.83. The lowest BCUT2D eigenvalue weighted by Gasteiger charge is -2.27. The first kappa shape index (κ1) is 23.6. The number of fused-ring (bicyclic) bond motifs is 1. The summed E-state index contributed by atoms with van der Waals surface area (Å²) in [5.74, 6) is -0.756. The monoisotopic (exact) mass is 452 g/mol. The van der Waals surface area contributed by atoms with Crippen LogP contribution in [-0.2, 0) is 29.3 Å². The molecule has 0 fully saturated rings. The van der Waals surface area contributed by atoms with Crippen molar-refractivity contribution in [1.29, 1.82) is 0 Å². The van der Waals surface area contributed by atoms with Crippen LogP contribution < -0.4 is 4.90 Å². The van der Waals surface area contributed by atoms with Gasteiger partial charge in [-0.25, -0.2) is 0 Å². The Balaban J connectivity index is 1.87. The molecule has 172 valence electrons. The van der Waals surface area contributed by atoms with Crippen molar-refractivity contribution in [2.24, 2.45) is 0 Å². The van der Waals surface area contributed by atoms with Gasteiger partial charge in [-0.3, -0.25) is 24.5 Å². The van der Waals surface area contributed by atoms with E-state index in [2.05, 4.69) is 4.74 Å². The first-order valence-electron chi connectivity index (χ1n) is 10.3. The summed E-state index contributed by atoms with van der Waals surface area (Å²) < 4.78 is 9.59. The van der Waals surface area contributed by atoms with Crippen LogP contribution in [0.25, 0.3) is 0 Å². The molecule has 0 saturated heterocycles. The zero-order chi connectivity index (χ0) is 24.0. The Morgan fingerprint density at radius 3 is 2.67 bits per heavy atom. The molecule has 0 saturated carbocycles. The van der Waals surface area contributed by atoms with E-state index in [1.54, 1.807) is 12.2 Å². The maximum Gasteiger partial charge on any atom is 0.307 e. The van der Waals surface area contributed by atoms with Crippen LogP contribution in [0.1, 0.15) is 25.8 Å². The van der Waals surface area contributed by atoms with Crippen molar-refractivity contribution in [1.82, 2.24) is 0 Å². The number of hydrogen-bond acceptors (Lipinski definition) is 8. The molecule has 0 aromatic heterocycles. The molecule has 1 aromatic carbocycles. The lowest BCUT2D eigenvalue weighted by Crippen LogP contribution is -2.28. The molecule has 1 heterocycles. The number of ether oxygens (including phenoxy) is 2. The maximum absolute atomic E-state index is 12.2. The normalized spacial score (nSPS) is 18.8. The highest BCUT2D eigenvalue weighted by atomic mass is 16.6. The zero-order valence-corrected chi connectivity index (χ0v) is 18.4. The minimum atomic E-state index is -0.544. The van der Waals surface area contributed by atoms with Crippen molar-refractivity contribution < 1.29 is 28.8 Å². The van der Waals surface area contributed by atoms with Crippen molar-refractivity contribution >= 4 is 23.9 Å². The first-order chi connectivity index (χ1) is 15.8. The highest BCUT2D eigenvalue weighted by Gasteiger charge is 2.39. The molecule has 9 heteroatoms. The molecule has 2 aliphatic rings. The summed E-state index contributed by atoms with van der Waals surface area (Å²) in [4.78, 5) is 47.1. The summed E-state index contributed by atoms with van der Waals surface area (Å²) in [7, 11) is 0. The van der Waals surface area contributed by atoms with Gasteiger partial charge < -0.3 is 14.4 Å². The van der Waals surface area contributed by atoms with Gasteiger partial charge in [0.05, 0.1) is 11.3 Å². The summed E-state index contributed by atoms with van der Waals surface area (Å²) in [5.41, 5.74) is 2.44. The standard InChI is InChI=1S/C24H24N2O7/c1-24(2)19-5-3-4-6-20(19)25(12-11-23(29)33-14-13-32-16-27)22(24)10-7-17-15-18(26(30)31)8-9-21(17)28/h3-10,15-16H,11-14H2,1-2H3/b17-7-,22-10+. The number of hydrogen-bond donors (Lipinski definition) is 0. The van der Waals surface area contributed by atoms with E-state index in [9.17, 15) is 24.5 Å². The van der Waals surface area contributed by atoms with Crippen LogP contribution in [0.3, 0.4) is 0 Å². The van der Waals surface area contributed by atoms with Gasteiger partial charge in [0.1, 0.15) is 13.2 Å². The fraction of sp³-hybridized carbons (Fsp3) is 0.292.